The quantitative estimate of drug-likeness (QED) is 0.274. The summed E-state index contributed by atoms with van der Waals surface area (Å²) in [5, 5.41) is 10.8. The van der Waals surface area contributed by atoms with E-state index in [0.717, 1.165) is 36.0 Å². The minimum atomic E-state index is -0.695. The lowest BCUT2D eigenvalue weighted by atomic mass is 9.45. The topological polar surface area (TPSA) is 38.7 Å². The molecule has 4 rings (SSSR count). The Balaban J connectivity index is 1.61. The van der Waals surface area contributed by atoms with Gasteiger partial charge < -0.3 is 14.6 Å². The summed E-state index contributed by atoms with van der Waals surface area (Å²) >= 11 is 0. The summed E-state index contributed by atoms with van der Waals surface area (Å²) in [6, 6.07) is 0. The molecule has 0 unspecified atom stereocenters. The van der Waals surface area contributed by atoms with E-state index in [1.807, 2.05) is 0 Å². The molecule has 3 nitrogen and oxygen atoms in total. The van der Waals surface area contributed by atoms with E-state index in [-0.39, 0.29) is 11.5 Å². The Morgan fingerprint density at radius 3 is 2.35 bits per heavy atom. The van der Waals surface area contributed by atoms with Gasteiger partial charge in [-0.2, -0.15) is 0 Å². The zero-order valence-electron chi connectivity index (χ0n) is 23.4. The first-order chi connectivity index (χ1) is 16.1. The predicted octanol–water partition coefficient (Wildman–Crippen LogP) is 7.77. The molecule has 0 aromatic rings. The van der Waals surface area contributed by atoms with Crippen LogP contribution in [0.25, 0.3) is 0 Å². The van der Waals surface area contributed by atoms with E-state index in [1.165, 1.54) is 56.9 Å². The highest BCUT2D eigenvalue weighted by atomic mass is 16.7. The van der Waals surface area contributed by atoms with Crippen molar-refractivity contribution in [2.45, 2.75) is 125 Å². The Kier molecular flexibility index (Phi) is 7.98. The molecule has 3 fully saturated rings. The first kappa shape index (κ1) is 26.7. The van der Waals surface area contributed by atoms with Crippen LogP contribution in [-0.4, -0.2) is 30.2 Å². The van der Waals surface area contributed by atoms with Gasteiger partial charge in [0, 0.05) is 25.0 Å². The van der Waals surface area contributed by atoms with Gasteiger partial charge in [-0.25, -0.2) is 0 Å². The normalized spacial score (nSPS) is 42.0. The summed E-state index contributed by atoms with van der Waals surface area (Å²) in [6.07, 6.45) is 14.3. The Morgan fingerprint density at radius 2 is 1.71 bits per heavy atom. The second-order valence-corrected chi connectivity index (χ2v) is 13.3. The zero-order valence-corrected chi connectivity index (χ0v) is 23.4. The van der Waals surface area contributed by atoms with E-state index in [4.69, 9.17) is 9.47 Å². The lowest BCUT2D eigenvalue weighted by Crippen LogP contribution is -2.64. The van der Waals surface area contributed by atoms with Gasteiger partial charge in [0.25, 0.3) is 0 Å². The van der Waals surface area contributed by atoms with E-state index >= 15 is 0 Å². The Hall–Kier alpha value is -0.380. The summed E-state index contributed by atoms with van der Waals surface area (Å²) in [5.41, 5.74) is 1.76. The average Bonchev–Trinajstić information content (AvgIpc) is 3.12. The van der Waals surface area contributed by atoms with Crippen molar-refractivity contribution < 1.29 is 14.6 Å². The molecule has 4 aliphatic rings. The van der Waals surface area contributed by atoms with Crippen molar-refractivity contribution >= 4 is 0 Å². The molecule has 0 aliphatic heterocycles. The van der Waals surface area contributed by atoms with E-state index in [2.05, 4.69) is 54.5 Å². The van der Waals surface area contributed by atoms with Crippen LogP contribution in [0.2, 0.25) is 0 Å². The fourth-order valence-electron chi connectivity index (χ4n) is 9.68. The highest BCUT2D eigenvalue weighted by molar-refractivity contribution is 5.30. The van der Waals surface area contributed by atoms with Gasteiger partial charge in [0.05, 0.1) is 6.10 Å². The third kappa shape index (κ3) is 4.24. The smallest absolute Gasteiger partial charge is 0.179 e. The van der Waals surface area contributed by atoms with Crippen molar-refractivity contribution in [3.63, 3.8) is 0 Å². The third-order valence-corrected chi connectivity index (χ3v) is 11.2. The maximum atomic E-state index is 10.8. The molecule has 0 radical (unpaired) electrons. The first-order valence-electron chi connectivity index (χ1n) is 14.8. The summed E-state index contributed by atoms with van der Waals surface area (Å²) in [7, 11) is 0. The van der Waals surface area contributed by atoms with E-state index in [0.29, 0.717) is 31.0 Å². The van der Waals surface area contributed by atoms with Gasteiger partial charge in [0.1, 0.15) is 0 Å². The summed E-state index contributed by atoms with van der Waals surface area (Å²) in [4.78, 5) is 0. The van der Waals surface area contributed by atoms with Crippen LogP contribution in [0.15, 0.2) is 11.6 Å². The second-order valence-electron chi connectivity index (χ2n) is 13.3. The molecule has 196 valence electrons. The van der Waals surface area contributed by atoms with Crippen molar-refractivity contribution in [1.82, 2.24) is 0 Å². The minimum Gasteiger partial charge on any atom is -0.393 e. The summed E-state index contributed by atoms with van der Waals surface area (Å²) in [6.45, 7) is 17.8. The van der Waals surface area contributed by atoms with Gasteiger partial charge in [0.15, 0.2) is 5.79 Å². The Bertz CT molecular complexity index is 722. The van der Waals surface area contributed by atoms with Gasteiger partial charge in [-0.3, -0.25) is 0 Å². The highest BCUT2D eigenvalue weighted by Gasteiger charge is 2.66. The number of fused-ring (bicyclic) bond motifs is 5. The Labute approximate surface area is 210 Å². The standard InChI is InChI=1S/C31H54O3/c1-8-33-31(34-9-2)20-24(32)19-23-13-14-25-27-16-15-26(22(5)12-10-11-21(3)4)29(27,6)18-17-28(25)30(23,31)7/h13,21-22,24-28,32H,8-12,14-20H2,1-7H3/t22-,24-,25+,26-,27+,28+,29-,30+/m1/s1. The van der Waals surface area contributed by atoms with Crippen molar-refractivity contribution in [3.8, 4) is 0 Å². The van der Waals surface area contributed by atoms with Gasteiger partial charge in [-0.15, -0.1) is 0 Å². The lowest BCUT2D eigenvalue weighted by Gasteiger charge is -2.63. The fraction of sp³-hybridized carbons (Fsp3) is 0.935. The summed E-state index contributed by atoms with van der Waals surface area (Å²) in [5.74, 6) is 3.96. The minimum absolute atomic E-state index is 0.135. The molecular weight excluding hydrogens is 420 g/mol. The number of aliphatic hydroxyl groups excluding tert-OH is 1. The highest BCUT2D eigenvalue weighted by Crippen LogP contribution is 2.69. The van der Waals surface area contributed by atoms with Gasteiger partial charge in [-0.1, -0.05) is 65.5 Å². The molecule has 34 heavy (non-hydrogen) atoms. The number of hydrogen-bond donors (Lipinski definition) is 1. The predicted molar refractivity (Wildman–Crippen MR) is 140 cm³/mol. The van der Waals surface area contributed by atoms with Crippen LogP contribution in [0.3, 0.4) is 0 Å². The van der Waals surface area contributed by atoms with Crippen molar-refractivity contribution in [3.05, 3.63) is 11.6 Å². The number of aliphatic hydroxyl groups is 1. The number of allylic oxidation sites excluding steroid dienone is 1. The van der Waals surface area contributed by atoms with Crippen LogP contribution >= 0.6 is 0 Å². The van der Waals surface area contributed by atoms with Gasteiger partial charge in [0.2, 0.25) is 0 Å². The van der Waals surface area contributed by atoms with E-state index in [9.17, 15) is 5.11 Å². The lowest BCUT2D eigenvalue weighted by molar-refractivity contribution is -0.324. The van der Waals surface area contributed by atoms with Crippen molar-refractivity contribution in [2.24, 2.45) is 46.3 Å². The molecule has 4 aliphatic carbocycles. The molecule has 8 atom stereocenters. The molecule has 3 heteroatoms. The molecule has 0 saturated heterocycles. The van der Waals surface area contributed by atoms with Crippen LogP contribution in [-0.2, 0) is 9.47 Å². The first-order valence-corrected chi connectivity index (χ1v) is 14.8. The zero-order chi connectivity index (χ0) is 24.7. The number of ether oxygens (including phenoxy) is 2. The molecule has 3 saturated carbocycles. The number of rotatable bonds is 9. The average molecular weight is 475 g/mol. The van der Waals surface area contributed by atoms with Crippen molar-refractivity contribution in [1.29, 1.82) is 0 Å². The maximum absolute atomic E-state index is 10.8. The molecule has 0 aromatic carbocycles. The van der Waals surface area contributed by atoms with Crippen LogP contribution in [0.1, 0.15) is 113 Å². The van der Waals surface area contributed by atoms with E-state index in [1.54, 1.807) is 0 Å². The molecule has 0 spiro atoms. The fourth-order valence-corrected chi connectivity index (χ4v) is 9.68. The second kappa shape index (κ2) is 10.2. The van der Waals surface area contributed by atoms with Gasteiger partial charge in [-0.05, 0) is 93.3 Å². The van der Waals surface area contributed by atoms with Crippen LogP contribution in [0.4, 0.5) is 0 Å². The van der Waals surface area contributed by atoms with E-state index < -0.39 is 5.79 Å². The van der Waals surface area contributed by atoms with Gasteiger partial charge >= 0.3 is 0 Å². The molecule has 0 bridgehead atoms. The van der Waals surface area contributed by atoms with Crippen LogP contribution < -0.4 is 0 Å². The third-order valence-electron chi connectivity index (χ3n) is 11.2. The van der Waals surface area contributed by atoms with Crippen LogP contribution in [0.5, 0.6) is 0 Å². The summed E-state index contributed by atoms with van der Waals surface area (Å²) < 4.78 is 13.1. The van der Waals surface area contributed by atoms with Crippen molar-refractivity contribution in [2.75, 3.05) is 13.2 Å². The maximum Gasteiger partial charge on any atom is 0.179 e. The molecule has 0 heterocycles. The molecular formula is C31H54O3. The molecule has 0 amide bonds. The van der Waals surface area contributed by atoms with Crippen LogP contribution in [0, 0.1) is 46.3 Å². The SMILES string of the molecule is CCOC1(OCC)C[C@H](O)CC2=CC[C@H]3[C@@H]4CC[C@H]([C@H](C)CCCC(C)C)[C@@]4(C)CC[C@@H]3[C@]21C. The number of hydrogen-bond acceptors (Lipinski definition) is 3. The largest absolute Gasteiger partial charge is 0.393 e. The monoisotopic (exact) mass is 474 g/mol. The molecule has 1 N–H and O–H groups in total. The molecule has 0 aromatic heterocycles. The Morgan fingerprint density at radius 1 is 1.00 bits per heavy atom.